The van der Waals surface area contributed by atoms with E-state index in [1.807, 2.05) is 30.3 Å². The van der Waals surface area contributed by atoms with E-state index in [2.05, 4.69) is 15.5 Å². The average molecular weight is 421 g/mol. The van der Waals surface area contributed by atoms with Gasteiger partial charge in [-0.2, -0.15) is 0 Å². The fraction of sp³-hybridized carbons (Fsp3) is 0.0870. The normalized spacial score (nSPS) is 11.7. The maximum atomic E-state index is 13.4. The second kappa shape index (κ2) is 9.17. The molecule has 8 heteroatoms. The van der Waals surface area contributed by atoms with Gasteiger partial charge in [0.1, 0.15) is 23.4 Å². The molecule has 3 aromatic carbocycles. The molecule has 1 aromatic heterocycles. The summed E-state index contributed by atoms with van der Waals surface area (Å²) in [5.74, 6) is -0.514. The molecule has 4 aromatic rings. The number of rotatable bonds is 7. The number of amides is 1. The lowest BCUT2D eigenvalue weighted by Crippen LogP contribution is -2.33. The third-order valence-electron chi connectivity index (χ3n) is 4.40. The first kappa shape index (κ1) is 20.2. The van der Waals surface area contributed by atoms with Crippen molar-refractivity contribution >= 4 is 5.91 Å². The number of carbonyl (C=O) groups excluding carboxylic acids is 1. The molecule has 0 spiro atoms. The van der Waals surface area contributed by atoms with Gasteiger partial charge in [-0.1, -0.05) is 30.3 Å². The number of hydrogen-bond acceptors (Lipinski definition) is 5. The molecule has 0 radical (unpaired) electrons. The first-order valence-corrected chi connectivity index (χ1v) is 9.40. The number of carbonyl (C=O) groups is 1. The third-order valence-corrected chi connectivity index (χ3v) is 4.40. The van der Waals surface area contributed by atoms with E-state index in [9.17, 15) is 13.6 Å². The minimum atomic E-state index is -0.810. The molecule has 6 nitrogen and oxygen atoms in total. The summed E-state index contributed by atoms with van der Waals surface area (Å²) in [5, 5.41) is 10.9. The summed E-state index contributed by atoms with van der Waals surface area (Å²) < 4.78 is 37.6. The van der Waals surface area contributed by atoms with Crippen LogP contribution in [0.5, 0.6) is 5.75 Å². The van der Waals surface area contributed by atoms with E-state index < -0.39 is 23.6 Å². The van der Waals surface area contributed by atoms with Gasteiger partial charge in [-0.05, 0) is 54.1 Å². The fourth-order valence-electron chi connectivity index (χ4n) is 2.87. The molecule has 1 unspecified atom stereocenters. The summed E-state index contributed by atoms with van der Waals surface area (Å²) in [5.41, 5.74) is 1.28. The lowest BCUT2D eigenvalue weighted by molar-refractivity contribution is -0.123. The first-order chi connectivity index (χ1) is 15.1. The number of hydrogen-bond donors (Lipinski definition) is 1. The zero-order valence-electron chi connectivity index (χ0n) is 16.2. The van der Waals surface area contributed by atoms with Gasteiger partial charge in [0.15, 0.2) is 6.61 Å². The lowest BCUT2D eigenvalue weighted by atomic mass is 10.1. The monoisotopic (exact) mass is 421 g/mol. The van der Waals surface area contributed by atoms with Gasteiger partial charge in [-0.3, -0.25) is 4.79 Å². The van der Waals surface area contributed by atoms with Gasteiger partial charge in [-0.25, -0.2) is 8.78 Å². The fourth-order valence-corrected chi connectivity index (χ4v) is 2.87. The van der Waals surface area contributed by atoms with Crippen LogP contribution in [0.25, 0.3) is 11.5 Å². The molecule has 31 heavy (non-hydrogen) atoms. The second-order valence-corrected chi connectivity index (χ2v) is 6.61. The van der Waals surface area contributed by atoms with E-state index in [-0.39, 0.29) is 12.5 Å². The highest BCUT2D eigenvalue weighted by Gasteiger charge is 2.24. The molecule has 0 bridgehead atoms. The molecule has 0 saturated carbocycles. The molecule has 1 amide bonds. The third kappa shape index (κ3) is 5.11. The topological polar surface area (TPSA) is 77.2 Å². The Bertz CT molecular complexity index is 1150. The summed E-state index contributed by atoms with van der Waals surface area (Å²) in [4.78, 5) is 12.5. The van der Waals surface area contributed by atoms with Crippen molar-refractivity contribution in [2.45, 2.75) is 6.04 Å². The molecular weight excluding hydrogens is 404 g/mol. The van der Waals surface area contributed by atoms with Crippen LogP contribution in [0.1, 0.15) is 17.5 Å². The Morgan fingerprint density at radius 3 is 2.23 bits per heavy atom. The smallest absolute Gasteiger partial charge is 0.258 e. The summed E-state index contributed by atoms with van der Waals surface area (Å²) in [6.07, 6.45) is 0. The lowest BCUT2D eigenvalue weighted by Gasteiger charge is -2.16. The summed E-state index contributed by atoms with van der Waals surface area (Å²) in [6.45, 7) is -0.316. The van der Waals surface area contributed by atoms with Crippen LogP contribution in [-0.2, 0) is 4.79 Å². The van der Waals surface area contributed by atoms with Crippen LogP contribution in [0, 0.1) is 11.6 Å². The van der Waals surface area contributed by atoms with Crippen LogP contribution in [0.2, 0.25) is 0 Å². The second-order valence-electron chi connectivity index (χ2n) is 6.61. The van der Waals surface area contributed by atoms with Crippen molar-refractivity contribution in [2.24, 2.45) is 0 Å². The minimum absolute atomic E-state index is 0.139. The van der Waals surface area contributed by atoms with E-state index in [0.717, 1.165) is 5.56 Å². The van der Waals surface area contributed by atoms with Crippen molar-refractivity contribution in [1.29, 1.82) is 0 Å². The number of nitrogens with one attached hydrogen (secondary N) is 1. The molecular formula is C23H17F2N3O3. The zero-order valence-corrected chi connectivity index (χ0v) is 16.2. The van der Waals surface area contributed by atoms with Crippen molar-refractivity contribution in [3.8, 4) is 17.2 Å². The van der Waals surface area contributed by atoms with Crippen molar-refractivity contribution in [3.05, 3.63) is 102 Å². The van der Waals surface area contributed by atoms with Crippen LogP contribution in [-0.4, -0.2) is 22.7 Å². The molecule has 1 N–H and O–H groups in total. The highest BCUT2D eigenvalue weighted by atomic mass is 19.1. The van der Waals surface area contributed by atoms with Gasteiger partial charge in [0, 0.05) is 5.56 Å². The van der Waals surface area contributed by atoms with Crippen LogP contribution in [0.3, 0.4) is 0 Å². The predicted molar refractivity (Wildman–Crippen MR) is 108 cm³/mol. The van der Waals surface area contributed by atoms with Crippen LogP contribution in [0.4, 0.5) is 8.78 Å². The molecule has 0 aliphatic heterocycles. The molecule has 0 aliphatic carbocycles. The van der Waals surface area contributed by atoms with Crippen LogP contribution in [0.15, 0.2) is 83.3 Å². The van der Waals surface area contributed by atoms with Gasteiger partial charge in [0.25, 0.3) is 5.91 Å². The van der Waals surface area contributed by atoms with E-state index >= 15 is 0 Å². The highest BCUT2D eigenvalue weighted by Crippen LogP contribution is 2.25. The number of halogens is 2. The maximum Gasteiger partial charge on any atom is 0.258 e. The zero-order chi connectivity index (χ0) is 21.6. The summed E-state index contributed by atoms with van der Waals surface area (Å²) in [6, 6.07) is 19.3. The van der Waals surface area contributed by atoms with Gasteiger partial charge in [-0.15, -0.1) is 10.2 Å². The van der Waals surface area contributed by atoms with Crippen molar-refractivity contribution in [1.82, 2.24) is 15.5 Å². The molecule has 4 rings (SSSR count). The molecule has 0 fully saturated rings. The predicted octanol–water partition coefficient (Wildman–Crippen LogP) is 4.30. The van der Waals surface area contributed by atoms with Crippen LogP contribution >= 0.6 is 0 Å². The Hall–Kier alpha value is -4.07. The number of aromatic nitrogens is 2. The minimum Gasteiger partial charge on any atom is -0.484 e. The van der Waals surface area contributed by atoms with E-state index in [0.29, 0.717) is 17.2 Å². The Labute approximate surface area is 176 Å². The number of nitrogens with zero attached hydrogens (tertiary/aromatic N) is 2. The summed E-state index contributed by atoms with van der Waals surface area (Å²) >= 11 is 0. The molecule has 156 valence electrons. The van der Waals surface area contributed by atoms with Gasteiger partial charge in [0.2, 0.25) is 11.8 Å². The van der Waals surface area contributed by atoms with Crippen molar-refractivity contribution in [2.75, 3.05) is 6.61 Å². The first-order valence-electron chi connectivity index (χ1n) is 9.40. The van der Waals surface area contributed by atoms with Crippen LogP contribution < -0.4 is 10.1 Å². The SMILES string of the molecule is O=C(COc1ccc(F)cc1)NC(c1ccc(F)cc1)c1nnc(-c2ccccc2)o1. The van der Waals surface area contributed by atoms with Crippen molar-refractivity contribution in [3.63, 3.8) is 0 Å². The van der Waals surface area contributed by atoms with Crippen molar-refractivity contribution < 1.29 is 22.7 Å². The van der Waals surface area contributed by atoms with Gasteiger partial charge in [0.05, 0.1) is 0 Å². The molecule has 0 saturated heterocycles. The molecule has 1 atom stereocenters. The molecule has 0 aliphatic rings. The Balaban J connectivity index is 1.53. The molecule has 1 heterocycles. The summed E-state index contributed by atoms with van der Waals surface area (Å²) in [7, 11) is 0. The Kier molecular flexibility index (Phi) is 5.98. The average Bonchev–Trinajstić information content (AvgIpc) is 3.28. The van der Waals surface area contributed by atoms with E-state index in [1.54, 1.807) is 0 Å². The Morgan fingerprint density at radius 2 is 1.55 bits per heavy atom. The van der Waals surface area contributed by atoms with Gasteiger partial charge < -0.3 is 14.5 Å². The Morgan fingerprint density at radius 1 is 0.903 bits per heavy atom. The maximum absolute atomic E-state index is 13.4. The number of benzene rings is 3. The van der Waals surface area contributed by atoms with E-state index in [1.165, 1.54) is 48.5 Å². The largest absolute Gasteiger partial charge is 0.484 e. The van der Waals surface area contributed by atoms with E-state index in [4.69, 9.17) is 9.15 Å². The number of ether oxygens (including phenoxy) is 1. The van der Waals surface area contributed by atoms with Gasteiger partial charge >= 0.3 is 0 Å². The standard InChI is InChI=1S/C23H17F2N3O3/c24-17-8-6-15(7-9-17)21(23-28-27-22(31-23)16-4-2-1-3-5-16)26-20(29)14-30-19-12-10-18(25)11-13-19/h1-13,21H,14H2,(H,26,29). The quantitative estimate of drug-likeness (QED) is 0.482. The highest BCUT2D eigenvalue weighted by molar-refractivity contribution is 5.78.